The van der Waals surface area contributed by atoms with Gasteiger partial charge in [0.2, 0.25) is 0 Å². The molecule has 0 amide bonds. The maximum atomic E-state index is 12.2. The molecule has 0 radical (unpaired) electrons. The number of ketones is 1. The predicted octanol–water partition coefficient (Wildman–Crippen LogP) is 2.88. The Bertz CT molecular complexity index is 743. The third-order valence-electron chi connectivity index (χ3n) is 3.51. The molecule has 6 nitrogen and oxygen atoms in total. The maximum Gasteiger partial charge on any atom is 0.359 e. The number of nitrogens with zero attached hydrogens (tertiary/aromatic N) is 1. The second-order valence-electron chi connectivity index (χ2n) is 4.98. The van der Waals surface area contributed by atoms with E-state index in [4.69, 9.17) is 9.47 Å². The molecule has 0 spiro atoms. The van der Waals surface area contributed by atoms with Gasteiger partial charge in [0.05, 0.1) is 19.4 Å². The standard InChI is InChI=1S/C17H19NO5/c1-5-23-17(21)15-16(20)10(2)14(11(3)19)18(15)12-6-8-13(22-4)9-7-12/h6-9,20H,5H2,1-4H3. The molecule has 2 rings (SSSR count). The third-order valence-corrected chi connectivity index (χ3v) is 3.51. The minimum atomic E-state index is -0.684. The zero-order chi connectivity index (χ0) is 17.1. The molecule has 6 heteroatoms. The van der Waals surface area contributed by atoms with Crippen molar-refractivity contribution >= 4 is 11.8 Å². The van der Waals surface area contributed by atoms with Gasteiger partial charge in [-0.25, -0.2) is 4.79 Å². The van der Waals surface area contributed by atoms with Crippen LogP contribution in [-0.4, -0.2) is 35.1 Å². The van der Waals surface area contributed by atoms with Gasteiger partial charge < -0.3 is 14.6 Å². The molecule has 0 unspecified atom stereocenters. The van der Waals surface area contributed by atoms with Crippen LogP contribution in [0.2, 0.25) is 0 Å². The Balaban J connectivity index is 2.74. The molecule has 0 fully saturated rings. The second kappa shape index (κ2) is 6.56. The second-order valence-corrected chi connectivity index (χ2v) is 4.98. The van der Waals surface area contributed by atoms with Crippen LogP contribution in [0.25, 0.3) is 5.69 Å². The molecule has 0 saturated heterocycles. The number of Topliss-reactive ketones (excluding diaryl/α,β-unsaturated/α-hetero) is 1. The van der Waals surface area contributed by atoms with Gasteiger partial charge in [0.1, 0.15) is 5.75 Å². The number of carbonyl (C=O) groups is 2. The van der Waals surface area contributed by atoms with Gasteiger partial charge in [-0.15, -0.1) is 0 Å². The lowest BCUT2D eigenvalue weighted by molar-refractivity contribution is 0.0513. The number of methoxy groups -OCH3 is 1. The normalized spacial score (nSPS) is 10.4. The van der Waals surface area contributed by atoms with Gasteiger partial charge in [-0.2, -0.15) is 0 Å². The first-order valence-electron chi connectivity index (χ1n) is 7.19. The van der Waals surface area contributed by atoms with E-state index in [1.807, 2.05) is 0 Å². The Morgan fingerprint density at radius 1 is 1.17 bits per heavy atom. The summed E-state index contributed by atoms with van der Waals surface area (Å²) < 4.78 is 11.5. The van der Waals surface area contributed by atoms with Crippen LogP contribution in [0.3, 0.4) is 0 Å². The molecule has 122 valence electrons. The van der Waals surface area contributed by atoms with E-state index < -0.39 is 5.97 Å². The fourth-order valence-electron chi connectivity index (χ4n) is 2.47. The fraction of sp³-hybridized carbons (Fsp3) is 0.294. The molecule has 1 heterocycles. The van der Waals surface area contributed by atoms with Crippen molar-refractivity contribution < 1.29 is 24.2 Å². The number of aromatic hydroxyl groups is 1. The van der Waals surface area contributed by atoms with E-state index in [0.29, 0.717) is 17.0 Å². The summed E-state index contributed by atoms with van der Waals surface area (Å²) in [5.41, 5.74) is 1.09. The van der Waals surface area contributed by atoms with Crippen molar-refractivity contribution in [2.75, 3.05) is 13.7 Å². The first-order valence-corrected chi connectivity index (χ1v) is 7.19. The lowest BCUT2D eigenvalue weighted by atomic mass is 10.2. The van der Waals surface area contributed by atoms with E-state index in [2.05, 4.69) is 0 Å². The molecule has 0 aliphatic rings. The SMILES string of the molecule is CCOC(=O)c1c(O)c(C)c(C(C)=O)n1-c1ccc(OC)cc1. The van der Waals surface area contributed by atoms with Crippen molar-refractivity contribution in [3.63, 3.8) is 0 Å². The average Bonchev–Trinajstić information content (AvgIpc) is 2.80. The summed E-state index contributed by atoms with van der Waals surface area (Å²) in [6, 6.07) is 6.82. The summed E-state index contributed by atoms with van der Waals surface area (Å²) in [5.74, 6) is -0.547. The van der Waals surface area contributed by atoms with Gasteiger partial charge in [-0.1, -0.05) is 0 Å². The van der Waals surface area contributed by atoms with Gasteiger partial charge in [-0.05, 0) is 38.1 Å². The quantitative estimate of drug-likeness (QED) is 0.677. The Hall–Kier alpha value is -2.76. The Labute approximate surface area is 134 Å². The zero-order valence-corrected chi connectivity index (χ0v) is 13.5. The molecular weight excluding hydrogens is 298 g/mol. The van der Waals surface area contributed by atoms with E-state index in [1.54, 1.807) is 45.2 Å². The smallest absolute Gasteiger partial charge is 0.359 e. The monoisotopic (exact) mass is 317 g/mol. The number of benzene rings is 1. The van der Waals surface area contributed by atoms with Gasteiger partial charge in [0.15, 0.2) is 17.2 Å². The van der Waals surface area contributed by atoms with Gasteiger partial charge in [0.25, 0.3) is 0 Å². The average molecular weight is 317 g/mol. The summed E-state index contributed by atoms with van der Waals surface area (Å²) in [4.78, 5) is 24.3. The Morgan fingerprint density at radius 2 is 1.78 bits per heavy atom. The lowest BCUT2D eigenvalue weighted by Crippen LogP contribution is -2.14. The number of rotatable bonds is 5. The largest absolute Gasteiger partial charge is 0.505 e. The number of carbonyl (C=O) groups excluding carboxylic acids is 2. The van der Waals surface area contributed by atoms with Crippen LogP contribution in [0.1, 0.15) is 40.4 Å². The molecule has 2 aromatic rings. The number of esters is 1. The molecule has 1 N–H and O–H groups in total. The summed E-state index contributed by atoms with van der Waals surface area (Å²) in [5, 5.41) is 10.3. The van der Waals surface area contributed by atoms with Crippen molar-refractivity contribution in [1.29, 1.82) is 0 Å². The van der Waals surface area contributed by atoms with Gasteiger partial charge in [-0.3, -0.25) is 9.36 Å². The van der Waals surface area contributed by atoms with Crippen LogP contribution in [0.15, 0.2) is 24.3 Å². The Morgan fingerprint density at radius 3 is 2.26 bits per heavy atom. The number of aromatic nitrogens is 1. The molecule has 0 bridgehead atoms. The van der Waals surface area contributed by atoms with E-state index in [1.165, 1.54) is 11.5 Å². The number of hydrogen-bond donors (Lipinski definition) is 1. The molecule has 1 aromatic carbocycles. The van der Waals surface area contributed by atoms with Crippen LogP contribution < -0.4 is 4.74 Å². The highest BCUT2D eigenvalue weighted by atomic mass is 16.5. The van der Waals surface area contributed by atoms with Gasteiger partial charge >= 0.3 is 5.97 Å². The van der Waals surface area contributed by atoms with E-state index >= 15 is 0 Å². The van der Waals surface area contributed by atoms with Crippen molar-refractivity contribution in [2.24, 2.45) is 0 Å². The van der Waals surface area contributed by atoms with Crippen LogP contribution in [0.4, 0.5) is 0 Å². The van der Waals surface area contributed by atoms with Crippen molar-refractivity contribution in [3.8, 4) is 17.2 Å². The fourth-order valence-corrected chi connectivity index (χ4v) is 2.47. The minimum absolute atomic E-state index is 0.0558. The van der Waals surface area contributed by atoms with Crippen LogP contribution in [0, 0.1) is 6.92 Å². The Kier molecular flexibility index (Phi) is 4.74. The van der Waals surface area contributed by atoms with Crippen molar-refractivity contribution in [3.05, 3.63) is 41.2 Å². The lowest BCUT2D eigenvalue weighted by Gasteiger charge is -2.12. The van der Waals surface area contributed by atoms with Crippen molar-refractivity contribution in [2.45, 2.75) is 20.8 Å². The molecule has 0 aliphatic heterocycles. The minimum Gasteiger partial charge on any atom is -0.505 e. The van der Waals surface area contributed by atoms with Crippen molar-refractivity contribution in [1.82, 2.24) is 4.57 Å². The molecular formula is C17H19NO5. The van der Waals surface area contributed by atoms with Crippen LogP contribution in [-0.2, 0) is 4.74 Å². The van der Waals surface area contributed by atoms with Crippen LogP contribution in [0.5, 0.6) is 11.5 Å². The molecule has 0 saturated carbocycles. The first-order chi connectivity index (χ1) is 10.9. The topological polar surface area (TPSA) is 77.8 Å². The van der Waals surface area contributed by atoms with Gasteiger partial charge in [0, 0.05) is 18.2 Å². The molecule has 0 atom stereocenters. The number of hydrogen-bond acceptors (Lipinski definition) is 5. The maximum absolute atomic E-state index is 12.2. The van der Waals surface area contributed by atoms with E-state index in [0.717, 1.165) is 0 Å². The molecule has 0 aliphatic carbocycles. The highest BCUT2D eigenvalue weighted by Crippen LogP contribution is 2.33. The molecule has 1 aromatic heterocycles. The summed E-state index contributed by atoms with van der Waals surface area (Å²) in [6.07, 6.45) is 0. The zero-order valence-electron chi connectivity index (χ0n) is 13.5. The highest BCUT2D eigenvalue weighted by molar-refractivity contribution is 6.01. The first kappa shape index (κ1) is 16.6. The highest BCUT2D eigenvalue weighted by Gasteiger charge is 2.28. The van der Waals surface area contributed by atoms with E-state index in [9.17, 15) is 14.7 Å². The summed E-state index contributed by atoms with van der Waals surface area (Å²) >= 11 is 0. The van der Waals surface area contributed by atoms with E-state index in [-0.39, 0.29) is 29.5 Å². The number of ether oxygens (including phenoxy) is 2. The summed E-state index contributed by atoms with van der Waals surface area (Å²) in [6.45, 7) is 4.82. The third kappa shape index (κ3) is 2.92. The van der Waals surface area contributed by atoms with Crippen LogP contribution >= 0.6 is 0 Å². The summed E-state index contributed by atoms with van der Waals surface area (Å²) in [7, 11) is 1.55. The predicted molar refractivity (Wildman–Crippen MR) is 84.7 cm³/mol. The molecule has 23 heavy (non-hydrogen) atoms.